The number of hydrogen-bond acceptors (Lipinski definition) is 4. The number of hydrazone groups is 1. The Morgan fingerprint density at radius 1 is 1.45 bits per heavy atom. The summed E-state index contributed by atoms with van der Waals surface area (Å²) >= 11 is 1.37. The van der Waals surface area contributed by atoms with Crippen LogP contribution in [0.1, 0.15) is 5.56 Å². The van der Waals surface area contributed by atoms with Gasteiger partial charge in [0.1, 0.15) is 11.9 Å². The molecule has 0 bridgehead atoms. The highest BCUT2D eigenvalue weighted by Crippen LogP contribution is 2.36. The lowest BCUT2D eigenvalue weighted by Gasteiger charge is -2.12. The van der Waals surface area contributed by atoms with Crippen molar-refractivity contribution in [2.45, 2.75) is 6.18 Å². The Morgan fingerprint density at radius 2 is 2.05 bits per heavy atom. The maximum Gasteiger partial charge on any atom is 0.417 e. The lowest BCUT2D eigenvalue weighted by Crippen LogP contribution is -2.22. The Labute approximate surface area is 124 Å². The molecule has 1 rings (SSSR count). The third-order valence-electron chi connectivity index (χ3n) is 1.99. The van der Waals surface area contributed by atoms with Crippen molar-refractivity contribution in [2.75, 3.05) is 5.43 Å². The molecule has 20 heavy (non-hydrogen) atoms. The maximum absolute atomic E-state index is 13.2. The fourth-order valence-electron chi connectivity index (χ4n) is 1.14. The molecule has 0 aliphatic rings. The maximum atomic E-state index is 13.2. The summed E-state index contributed by atoms with van der Waals surface area (Å²) in [7, 11) is 0. The molecule has 0 saturated carbocycles. The van der Waals surface area contributed by atoms with E-state index in [1.165, 1.54) is 28.7 Å². The molecule has 0 amide bonds. The van der Waals surface area contributed by atoms with Crippen molar-refractivity contribution in [3.63, 3.8) is 0 Å². The van der Waals surface area contributed by atoms with Crippen LogP contribution in [0.25, 0.3) is 0 Å². The molecule has 0 spiro atoms. The van der Waals surface area contributed by atoms with Gasteiger partial charge in [0.25, 0.3) is 0 Å². The van der Waals surface area contributed by atoms with Gasteiger partial charge in [-0.25, -0.2) is 4.39 Å². The van der Waals surface area contributed by atoms with E-state index in [-0.39, 0.29) is 9.26 Å². The second-order valence-electron chi connectivity index (χ2n) is 3.41. The molecular weight excluding hydrogens is 393 g/mol. The number of nitrogens with one attached hydrogen (secondary N) is 2. The Kier molecular flexibility index (Phi) is 4.88. The average molecular weight is 399 g/mol. The third kappa shape index (κ3) is 3.80. The number of rotatable bonds is 3. The summed E-state index contributed by atoms with van der Waals surface area (Å²) in [5, 5.41) is 18.9. The van der Waals surface area contributed by atoms with E-state index in [0.29, 0.717) is 6.07 Å². The summed E-state index contributed by atoms with van der Waals surface area (Å²) in [6, 6.07) is 2.61. The molecule has 0 aromatic heterocycles. The minimum atomic E-state index is -4.72. The summed E-state index contributed by atoms with van der Waals surface area (Å²) in [5.41, 5.74) is 5.12. The predicted octanol–water partition coefficient (Wildman–Crippen LogP) is 2.68. The van der Waals surface area contributed by atoms with E-state index in [1.807, 2.05) is 0 Å². The van der Waals surface area contributed by atoms with Crippen LogP contribution in [-0.2, 0) is 6.18 Å². The van der Waals surface area contributed by atoms with E-state index in [0.717, 1.165) is 6.07 Å². The van der Waals surface area contributed by atoms with Gasteiger partial charge in [-0.3, -0.25) is 10.8 Å². The molecule has 0 heterocycles. The third-order valence-corrected chi connectivity index (χ3v) is 3.15. The van der Waals surface area contributed by atoms with Crippen molar-refractivity contribution >= 4 is 39.8 Å². The molecule has 0 unspecified atom stereocenters. The van der Waals surface area contributed by atoms with Crippen LogP contribution in [0.15, 0.2) is 17.2 Å². The molecule has 0 atom stereocenters. The number of alkyl halides is 3. The molecule has 10 heteroatoms. The van der Waals surface area contributed by atoms with Crippen LogP contribution in [0.3, 0.4) is 0 Å². The number of anilines is 1. The van der Waals surface area contributed by atoms with Gasteiger partial charge in [0.15, 0.2) is 5.84 Å². The zero-order chi connectivity index (χ0) is 15.5. The number of nitrogens with two attached hydrogens (primary N) is 1. The smallest absolute Gasteiger partial charge is 0.382 e. The van der Waals surface area contributed by atoms with Crippen molar-refractivity contribution in [1.82, 2.24) is 0 Å². The molecule has 0 aliphatic heterocycles. The van der Waals surface area contributed by atoms with Crippen LogP contribution in [-0.4, -0.2) is 11.5 Å². The van der Waals surface area contributed by atoms with Crippen LogP contribution in [0.5, 0.6) is 0 Å². The van der Waals surface area contributed by atoms with E-state index in [2.05, 4.69) is 10.5 Å². The van der Waals surface area contributed by atoms with Crippen molar-refractivity contribution in [2.24, 2.45) is 10.8 Å². The molecule has 4 N–H and O–H groups in total. The van der Waals surface area contributed by atoms with Gasteiger partial charge in [-0.05, 0) is 34.7 Å². The molecule has 1 aromatic rings. The van der Waals surface area contributed by atoms with Crippen LogP contribution in [0.4, 0.5) is 23.2 Å². The molecule has 0 saturated heterocycles. The summed E-state index contributed by atoms with van der Waals surface area (Å²) in [6.07, 6.45) is -4.72. The van der Waals surface area contributed by atoms with E-state index < -0.39 is 29.1 Å². The zero-order valence-electron chi connectivity index (χ0n) is 9.52. The molecule has 0 aliphatic carbocycles. The average Bonchev–Trinajstić information content (AvgIpc) is 2.31. The van der Waals surface area contributed by atoms with Gasteiger partial charge in [0, 0.05) is 0 Å². The van der Waals surface area contributed by atoms with Gasteiger partial charge in [0.05, 0.1) is 14.8 Å². The predicted molar refractivity (Wildman–Crippen MR) is 72.7 cm³/mol. The number of halogens is 5. The van der Waals surface area contributed by atoms with Crippen molar-refractivity contribution in [3.8, 4) is 6.07 Å². The van der Waals surface area contributed by atoms with Crippen LogP contribution in [0, 0.1) is 26.1 Å². The number of nitriles is 1. The second-order valence-corrected chi connectivity index (χ2v) is 4.49. The minimum absolute atomic E-state index is 0.285. The lowest BCUT2D eigenvalue weighted by molar-refractivity contribution is -0.138. The first kappa shape index (κ1) is 16.2. The summed E-state index contributed by atoms with van der Waals surface area (Å²) in [4.78, 5) is 0. The number of benzene rings is 1. The highest BCUT2D eigenvalue weighted by Gasteiger charge is 2.34. The lowest BCUT2D eigenvalue weighted by atomic mass is 10.2. The van der Waals surface area contributed by atoms with E-state index in [4.69, 9.17) is 16.4 Å². The van der Waals surface area contributed by atoms with Gasteiger partial charge >= 0.3 is 6.18 Å². The van der Waals surface area contributed by atoms with Gasteiger partial charge in [-0.1, -0.05) is 0 Å². The molecule has 0 radical (unpaired) electrons. The summed E-state index contributed by atoms with van der Waals surface area (Å²) in [6.45, 7) is 0. The molecule has 106 valence electrons. The Balaban J connectivity index is 3.25. The summed E-state index contributed by atoms with van der Waals surface area (Å²) < 4.78 is 50.8. The quantitative estimate of drug-likeness (QED) is 0.240. The highest BCUT2D eigenvalue weighted by molar-refractivity contribution is 14.1. The number of nitrogens with zero attached hydrogens (tertiary/aromatic N) is 2. The van der Waals surface area contributed by atoms with Crippen LogP contribution in [0.2, 0.25) is 0 Å². The van der Waals surface area contributed by atoms with Crippen molar-refractivity contribution in [3.05, 3.63) is 27.1 Å². The second kappa shape index (κ2) is 6.04. The number of amidine groups is 1. The van der Waals surface area contributed by atoms with Crippen LogP contribution >= 0.6 is 22.6 Å². The van der Waals surface area contributed by atoms with Gasteiger partial charge in [-0.2, -0.15) is 23.5 Å². The fourth-order valence-corrected chi connectivity index (χ4v) is 1.88. The molecular formula is C10H6F4IN5. The van der Waals surface area contributed by atoms with Crippen molar-refractivity contribution in [1.29, 1.82) is 10.7 Å². The van der Waals surface area contributed by atoms with Crippen LogP contribution < -0.4 is 11.2 Å². The first-order chi connectivity index (χ1) is 9.16. The standard InChI is InChI=1S/C10H6F4IN5/c11-4-1-5(10(12,13)14)8(15)6(2-4)19-20-7(3-16)9(17)18/h1-2,19H,(H3,17,18)/b20-7+. The molecule has 1 aromatic carbocycles. The fraction of sp³-hybridized carbons (Fsp3) is 0.100. The first-order valence-corrected chi connectivity index (χ1v) is 5.89. The first-order valence-electron chi connectivity index (χ1n) is 4.81. The van der Waals surface area contributed by atoms with Crippen molar-refractivity contribution < 1.29 is 17.6 Å². The zero-order valence-corrected chi connectivity index (χ0v) is 11.7. The molecule has 0 fully saturated rings. The summed E-state index contributed by atoms with van der Waals surface area (Å²) in [5.74, 6) is -1.78. The SMILES string of the molecule is N#C/C(=N\Nc1cc(F)cc(C(F)(F)F)c1I)C(=N)N. The van der Waals surface area contributed by atoms with E-state index in [9.17, 15) is 17.6 Å². The number of hydrogen-bond donors (Lipinski definition) is 3. The van der Waals surface area contributed by atoms with E-state index >= 15 is 0 Å². The Hall–Kier alpha value is -1.90. The Bertz CT molecular complexity index is 617. The largest absolute Gasteiger partial charge is 0.417 e. The van der Waals surface area contributed by atoms with E-state index in [1.54, 1.807) is 0 Å². The topological polar surface area (TPSA) is 98.0 Å². The normalized spacial score (nSPS) is 11.9. The highest BCUT2D eigenvalue weighted by atomic mass is 127. The Morgan fingerprint density at radius 3 is 2.50 bits per heavy atom. The van der Waals surface area contributed by atoms with Gasteiger partial charge < -0.3 is 5.73 Å². The molecule has 5 nitrogen and oxygen atoms in total. The van der Waals surface area contributed by atoms with Gasteiger partial charge in [0.2, 0.25) is 5.71 Å². The minimum Gasteiger partial charge on any atom is -0.382 e. The monoisotopic (exact) mass is 399 g/mol. The van der Waals surface area contributed by atoms with Gasteiger partial charge in [-0.15, -0.1) is 0 Å².